The molecule has 2 atom stereocenters. The number of rotatable bonds is 3. The lowest BCUT2D eigenvalue weighted by Crippen LogP contribution is -2.42. The van der Waals surface area contributed by atoms with E-state index in [1.807, 2.05) is 6.07 Å². The standard InChI is InChI=1S/C13H19N3O2/c1-9-8-10(6-7-16(9)2)14-12-5-3-4-11(15-12)13(17)18/h3-5,9-10H,6-8H2,1-2H3,(H,14,15)(H,17,18). The fourth-order valence-electron chi connectivity index (χ4n) is 2.26. The van der Waals surface area contributed by atoms with Crippen LogP contribution in [0.1, 0.15) is 30.3 Å². The van der Waals surface area contributed by atoms with Crippen LogP contribution in [0.4, 0.5) is 5.82 Å². The van der Waals surface area contributed by atoms with Crippen LogP contribution in [0.2, 0.25) is 0 Å². The number of hydrogen-bond donors (Lipinski definition) is 2. The number of hydrogen-bond acceptors (Lipinski definition) is 4. The molecule has 0 aromatic carbocycles. The number of nitrogens with one attached hydrogen (secondary N) is 1. The van der Waals surface area contributed by atoms with Crippen LogP contribution in [-0.4, -0.2) is 46.6 Å². The highest BCUT2D eigenvalue weighted by Gasteiger charge is 2.22. The smallest absolute Gasteiger partial charge is 0.354 e. The van der Waals surface area contributed by atoms with Gasteiger partial charge in [0.1, 0.15) is 5.82 Å². The van der Waals surface area contributed by atoms with Crippen molar-refractivity contribution in [3.8, 4) is 0 Å². The minimum absolute atomic E-state index is 0.0842. The van der Waals surface area contributed by atoms with E-state index in [-0.39, 0.29) is 5.69 Å². The van der Waals surface area contributed by atoms with E-state index >= 15 is 0 Å². The van der Waals surface area contributed by atoms with Gasteiger partial charge in [0.15, 0.2) is 5.69 Å². The minimum atomic E-state index is -0.990. The van der Waals surface area contributed by atoms with Crippen LogP contribution in [0.3, 0.4) is 0 Å². The van der Waals surface area contributed by atoms with Crippen molar-refractivity contribution in [3.63, 3.8) is 0 Å². The molecule has 1 saturated heterocycles. The molecule has 0 radical (unpaired) electrons. The number of carboxylic acids is 1. The van der Waals surface area contributed by atoms with Gasteiger partial charge in [0, 0.05) is 18.6 Å². The molecule has 0 bridgehead atoms. The number of piperidine rings is 1. The highest BCUT2D eigenvalue weighted by Crippen LogP contribution is 2.19. The molecular weight excluding hydrogens is 230 g/mol. The third-order valence-electron chi connectivity index (χ3n) is 3.53. The molecule has 0 aliphatic carbocycles. The second-order valence-corrected chi connectivity index (χ2v) is 4.91. The molecular formula is C13H19N3O2. The number of anilines is 1. The van der Waals surface area contributed by atoms with Crippen LogP contribution < -0.4 is 5.32 Å². The molecule has 5 heteroatoms. The number of nitrogens with zero attached hydrogens (tertiary/aromatic N) is 2. The van der Waals surface area contributed by atoms with Gasteiger partial charge < -0.3 is 15.3 Å². The van der Waals surface area contributed by atoms with Gasteiger partial charge in [0.25, 0.3) is 0 Å². The average molecular weight is 249 g/mol. The van der Waals surface area contributed by atoms with Crippen LogP contribution in [-0.2, 0) is 0 Å². The lowest BCUT2D eigenvalue weighted by atomic mass is 9.99. The summed E-state index contributed by atoms with van der Waals surface area (Å²) in [4.78, 5) is 17.3. The Hall–Kier alpha value is -1.62. The Balaban J connectivity index is 2.01. The maximum absolute atomic E-state index is 10.8. The Morgan fingerprint density at radius 1 is 1.56 bits per heavy atom. The highest BCUT2D eigenvalue weighted by atomic mass is 16.4. The van der Waals surface area contributed by atoms with E-state index in [0.29, 0.717) is 17.9 Å². The van der Waals surface area contributed by atoms with Gasteiger partial charge in [-0.2, -0.15) is 0 Å². The number of pyridine rings is 1. The molecule has 98 valence electrons. The first-order valence-corrected chi connectivity index (χ1v) is 6.23. The molecule has 1 aliphatic rings. The summed E-state index contributed by atoms with van der Waals surface area (Å²) in [6.45, 7) is 3.26. The van der Waals surface area contributed by atoms with Crippen molar-refractivity contribution in [1.82, 2.24) is 9.88 Å². The number of likely N-dealkylation sites (tertiary alicyclic amines) is 1. The summed E-state index contributed by atoms with van der Waals surface area (Å²) >= 11 is 0. The monoisotopic (exact) mass is 249 g/mol. The predicted octanol–water partition coefficient (Wildman–Crippen LogP) is 1.67. The first kappa shape index (κ1) is 12.8. The van der Waals surface area contributed by atoms with Crippen LogP contribution in [0.5, 0.6) is 0 Å². The van der Waals surface area contributed by atoms with Gasteiger partial charge in [-0.15, -0.1) is 0 Å². The SMILES string of the molecule is CC1CC(Nc2cccc(C(=O)O)n2)CCN1C. The van der Waals surface area contributed by atoms with E-state index < -0.39 is 5.97 Å². The molecule has 2 N–H and O–H groups in total. The van der Waals surface area contributed by atoms with Gasteiger partial charge in [-0.25, -0.2) is 9.78 Å². The van der Waals surface area contributed by atoms with Crippen LogP contribution >= 0.6 is 0 Å². The van der Waals surface area contributed by atoms with Crippen molar-refractivity contribution < 1.29 is 9.90 Å². The summed E-state index contributed by atoms with van der Waals surface area (Å²) in [5.41, 5.74) is 0.0842. The normalized spacial score (nSPS) is 24.8. The molecule has 0 amide bonds. The van der Waals surface area contributed by atoms with E-state index in [0.717, 1.165) is 19.4 Å². The van der Waals surface area contributed by atoms with Crippen LogP contribution in [0.15, 0.2) is 18.2 Å². The van der Waals surface area contributed by atoms with E-state index in [1.54, 1.807) is 6.07 Å². The summed E-state index contributed by atoms with van der Waals surface area (Å²) in [5.74, 6) is -0.341. The Morgan fingerprint density at radius 2 is 2.33 bits per heavy atom. The molecule has 2 rings (SSSR count). The molecule has 1 aromatic rings. The Bertz CT molecular complexity index is 436. The molecule has 1 aliphatic heterocycles. The minimum Gasteiger partial charge on any atom is -0.477 e. The third kappa shape index (κ3) is 2.98. The van der Waals surface area contributed by atoms with E-state index in [2.05, 4.69) is 29.2 Å². The number of carbonyl (C=O) groups is 1. The number of aromatic nitrogens is 1. The zero-order chi connectivity index (χ0) is 13.1. The molecule has 0 spiro atoms. The number of aromatic carboxylic acids is 1. The summed E-state index contributed by atoms with van der Waals surface area (Å²) < 4.78 is 0. The largest absolute Gasteiger partial charge is 0.477 e. The average Bonchev–Trinajstić information content (AvgIpc) is 2.34. The Kier molecular flexibility index (Phi) is 3.81. The fraction of sp³-hybridized carbons (Fsp3) is 0.538. The highest BCUT2D eigenvalue weighted by molar-refractivity contribution is 5.85. The molecule has 5 nitrogen and oxygen atoms in total. The zero-order valence-corrected chi connectivity index (χ0v) is 10.8. The quantitative estimate of drug-likeness (QED) is 0.853. The first-order valence-electron chi connectivity index (χ1n) is 6.23. The lowest BCUT2D eigenvalue weighted by Gasteiger charge is -2.35. The zero-order valence-electron chi connectivity index (χ0n) is 10.8. The Labute approximate surface area is 107 Å². The molecule has 2 heterocycles. The second kappa shape index (κ2) is 5.35. The topological polar surface area (TPSA) is 65.5 Å². The van der Waals surface area contributed by atoms with E-state index in [9.17, 15) is 4.79 Å². The van der Waals surface area contributed by atoms with Gasteiger partial charge >= 0.3 is 5.97 Å². The maximum atomic E-state index is 10.8. The summed E-state index contributed by atoms with van der Waals surface area (Å²) in [7, 11) is 2.13. The first-order chi connectivity index (χ1) is 8.56. The van der Waals surface area contributed by atoms with Crippen molar-refractivity contribution in [2.75, 3.05) is 18.9 Å². The van der Waals surface area contributed by atoms with Gasteiger partial charge in [-0.3, -0.25) is 0 Å². The van der Waals surface area contributed by atoms with Crippen molar-refractivity contribution in [2.45, 2.75) is 31.8 Å². The van der Waals surface area contributed by atoms with Crippen molar-refractivity contribution >= 4 is 11.8 Å². The lowest BCUT2D eigenvalue weighted by molar-refractivity contribution is 0.0690. The predicted molar refractivity (Wildman–Crippen MR) is 69.9 cm³/mol. The van der Waals surface area contributed by atoms with Crippen molar-refractivity contribution in [1.29, 1.82) is 0 Å². The van der Waals surface area contributed by atoms with Crippen molar-refractivity contribution in [3.05, 3.63) is 23.9 Å². The van der Waals surface area contributed by atoms with Gasteiger partial charge in [-0.1, -0.05) is 6.07 Å². The summed E-state index contributed by atoms with van der Waals surface area (Å²) in [6.07, 6.45) is 2.11. The van der Waals surface area contributed by atoms with Gasteiger partial charge in [0.05, 0.1) is 0 Å². The van der Waals surface area contributed by atoms with Gasteiger partial charge in [0.2, 0.25) is 0 Å². The van der Waals surface area contributed by atoms with Gasteiger partial charge in [-0.05, 0) is 38.9 Å². The molecule has 1 aromatic heterocycles. The summed E-state index contributed by atoms with van der Waals surface area (Å²) in [5, 5.41) is 12.2. The molecule has 0 saturated carbocycles. The van der Waals surface area contributed by atoms with Crippen LogP contribution in [0, 0.1) is 0 Å². The number of carboxylic acid groups (broad SMARTS) is 1. The summed E-state index contributed by atoms with van der Waals surface area (Å²) in [6, 6.07) is 5.95. The van der Waals surface area contributed by atoms with Crippen LogP contribution in [0.25, 0.3) is 0 Å². The third-order valence-corrected chi connectivity index (χ3v) is 3.53. The molecule has 2 unspecified atom stereocenters. The maximum Gasteiger partial charge on any atom is 0.354 e. The second-order valence-electron chi connectivity index (χ2n) is 4.91. The molecule has 18 heavy (non-hydrogen) atoms. The Morgan fingerprint density at radius 3 is 3.00 bits per heavy atom. The fourth-order valence-corrected chi connectivity index (χ4v) is 2.26. The molecule has 1 fully saturated rings. The van der Waals surface area contributed by atoms with E-state index in [1.165, 1.54) is 6.07 Å². The van der Waals surface area contributed by atoms with E-state index in [4.69, 9.17) is 5.11 Å². The van der Waals surface area contributed by atoms with Crippen molar-refractivity contribution in [2.24, 2.45) is 0 Å².